The Balaban J connectivity index is 2.16. The van der Waals surface area contributed by atoms with Crippen LogP contribution in [0.4, 0.5) is 11.6 Å². The quantitative estimate of drug-likeness (QED) is 0.597. The summed E-state index contributed by atoms with van der Waals surface area (Å²) in [5.41, 5.74) is -0.140. The van der Waals surface area contributed by atoms with Crippen molar-refractivity contribution in [3.63, 3.8) is 0 Å². The van der Waals surface area contributed by atoms with Crippen molar-refractivity contribution < 1.29 is 14.8 Å². The van der Waals surface area contributed by atoms with Crippen LogP contribution in [-0.4, -0.2) is 51.9 Å². The van der Waals surface area contributed by atoms with Gasteiger partial charge in [0.1, 0.15) is 12.4 Å². The first kappa shape index (κ1) is 12.7. The molecule has 0 saturated carbocycles. The van der Waals surface area contributed by atoms with Gasteiger partial charge in [-0.05, 0) is 6.92 Å². The number of aliphatic hydroxyl groups is 1. The largest absolute Gasteiger partial charge is 0.394 e. The van der Waals surface area contributed by atoms with Gasteiger partial charge in [-0.3, -0.25) is 10.1 Å². The smallest absolute Gasteiger partial charge is 0.305 e. The number of ether oxygens (including phenoxy) is 1. The van der Waals surface area contributed by atoms with Gasteiger partial charge >= 0.3 is 5.69 Å². The van der Waals surface area contributed by atoms with Crippen LogP contribution in [0, 0.1) is 10.1 Å². The normalized spacial score (nSPS) is 24.0. The first-order valence-electron chi connectivity index (χ1n) is 5.57. The molecular formula is C10H14N4O4. The average molecular weight is 254 g/mol. The van der Waals surface area contributed by atoms with E-state index in [4.69, 9.17) is 9.84 Å². The van der Waals surface area contributed by atoms with E-state index in [-0.39, 0.29) is 24.4 Å². The number of anilines is 1. The fourth-order valence-corrected chi connectivity index (χ4v) is 1.76. The second kappa shape index (κ2) is 5.23. The summed E-state index contributed by atoms with van der Waals surface area (Å²) in [5.74, 6) is 0.412. The van der Waals surface area contributed by atoms with Crippen molar-refractivity contribution in [3.05, 3.63) is 22.5 Å². The minimum absolute atomic E-state index is 0.0641. The zero-order chi connectivity index (χ0) is 13.1. The molecule has 0 aromatic carbocycles. The van der Waals surface area contributed by atoms with E-state index in [9.17, 15) is 10.1 Å². The molecule has 1 aromatic rings. The van der Waals surface area contributed by atoms with E-state index in [0.29, 0.717) is 19.1 Å². The highest BCUT2D eigenvalue weighted by Crippen LogP contribution is 2.18. The molecule has 1 fully saturated rings. The van der Waals surface area contributed by atoms with E-state index >= 15 is 0 Å². The first-order valence-corrected chi connectivity index (χ1v) is 5.57. The predicted molar refractivity (Wildman–Crippen MR) is 62.3 cm³/mol. The summed E-state index contributed by atoms with van der Waals surface area (Å²) >= 11 is 0. The molecule has 2 atom stereocenters. The van der Waals surface area contributed by atoms with E-state index in [1.54, 1.807) is 0 Å². The molecule has 0 radical (unpaired) electrons. The van der Waals surface area contributed by atoms with Gasteiger partial charge in [-0.15, -0.1) is 0 Å². The standard InChI is InChI=1S/C10H14N4O4/c1-7-6-18-9(5-15)4-13(7)10-11-2-8(3-12-10)14(16)17/h2-3,7,9,15H,4-6H2,1H3. The molecule has 98 valence electrons. The number of hydrogen-bond donors (Lipinski definition) is 1. The summed E-state index contributed by atoms with van der Waals surface area (Å²) in [6, 6.07) is 0.0641. The van der Waals surface area contributed by atoms with Gasteiger partial charge in [-0.1, -0.05) is 0 Å². The van der Waals surface area contributed by atoms with Crippen LogP contribution in [0.15, 0.2) is 12.4 Å². The van der Waals surface area contributed by atoms with E-state index in [0.717, 1.165) is 0 Å². The van der Waals surface area contributed by atoms with Gasteiger partial charge in [0, 0.05) is 6.54 Å². The predicted octanol–water partition coefficient (Wildman–Crippen LogP) is -0.0292. The van der Waals surface area contributed by atoms with Crippen molar-refractivity contribution >= 4 is 11.6 Å². The van der Waals surface area contributed by atoms with Crippen LogP contribution in [0.5, 0.6) is 0 Å². The van der Waals surface area contributed by atoms with E-state index < -0.39 is 4.92 Å². The Morgan fingerprint density at radius 3 is 2.83 bits per heavy atom. The Bertz CT molecular complexity index is 424. The highest BCUT2D eigenvalue weighted by atomic mass is 16.6. The summed E-state index contributed by atoms with van der Waals surface area (Å²) in [7, 11) is 0. The zero-order valence-corrected chi connectivity index (χ0v) is 9.89. The maximum atomic E-state index is 10.5. The van der Waals surface area contributed by atoms with Crippen LogP contribution in [0.3, 0.4) is 0 Å². The molecule has 8 heteroatoms. The molecular weight excluding hydrogens is 240 g/mol. The highest BCUT2D eigenvalue weighted by Gasteiger charge is 2.27. The van der Waals surface area contributed by atoms with Gasteiger partial charge in [0.15, 0.2) is 0 Å². The minimum atomic E-state index is -0.539. The molecule has 2 unspecified atom stereocenters. The monoisotopic (exact) mass is 254 g/mol. The summed E-state index contributed by atoms with van der Waals surface area (Å²) in [6.07, 6.45) is 2.08. The number of aromatic nitrogens is 2. The second-order valence-electron chi connectivity index (χ2n) is 4.14. The van der Waals surface area contributed by atoms with E-state index in [1.807, 2.05) is 11.8 Å². The number of nitro groups is 1. The van der Waals surface area contributed by atoms with Crippen molar-refractivity contribution in [2.24, 2.45) is 0 Å². The highest BCUT2D eigenvalue weighted by molar-refractivity contribution is 5.35. The molecule has 1 aliphatic rings. The van der Waals surface area contributed by atoms with Crippen molar-refractivity contribution in [2.45, 2.75) is 19.1 Å². The Morgan fingerprint density at radius 1 is 1.61 bits per heavy atom. The van der Waals surface area contributed by atoms with Gasteiger partial charge in [0.25, 0.3) is 0 Å². The third-order valence-corrected chi connectivity index (χ3v) is 2.80. The molecule has 0 aliphatic carbocycles. The summed E-state index contributed by atoms with van der Waals surface area (Å²) in [5, 5.41) is 19.6. The molecule has 2 rings (SSSR count). The van der Waals surface area contributed by atoms with Gasteiger partial charge in [-0.25, -0.2) is 9.97 Å². The van der Waals surface area contributed by atoms with Crippen molar-refractivity contribution in [1.29, 1.82) is 0 Å². The van der Waals surface area contributed by atoms with Crippen LogP contribution in [0.2, 0.25) is 0 Å². The molecule has 0 spiro atoms. The fourth-order valence-electron chi connectivity index (χ4n) is 1.76. The van der Waals surface area contributed by atoms with Crippen LogP contribution < -0.4 is 4.90 Å². The summed E-state index contributed by atoms with van der Waals surface area (Å²) < 4.78 is 5.40. The lowest BCUT2D eigenvalue weighted by Crippen LogP contribution is -2.50. The lowest BCUT2D eigenvalue weighted by Gasteiger charge is -2.37. The molecule has 0 bridgehead atoms. The van der Waals surface area contributed by atoms with Crippen LogP contribution in [-0.2, 0) is 4.74 Å². The topological polar surface area (TPSA) is 102 Å². The lowest BCUT2D eigenvalue weighted by atomic mass is 10.2. The number of morpholine rings is 1. The van der Waals surface area contributed by atoms with Gasteiger partial charge < -0.3 is 14.7 Å². The molecule has 2 heterocycles. The third kappa shape index (κ3) is 2.54. The van der Waals surface area contributed by atoms with Gasteiger partial charge in [0.2, 0.25) is 5.95 Å². The molecule has 0 amide bonds. The van der Waals surface area contributed by atoms with Crippen LogP contribution in [0.25, 0.3) is 0 Å². The number of rotatable bonds is 3. The molecule has 1 N–H and O–H groups in total. The maximum absolute atomic E-state index is 10.5. The lowest BCUT2D eigenvalue weighted by molar-refractivity contribution is -0.385. The molecule has 1 saturated heterocycles. The molecule has 1 aliphatic heterocycles. The zero-order valence-electron chi connectivity index (χ0n) is 9.89. The number of aliphatic hydroxyl groups excluding tert-OH is 1. The van der Waals surface area contributed by atoms with Crippen LogP contribution in [0.1, 0.15) is 6.92 Å². The van der Waals surface area contributed by atoms with Crippen molar-refractivity contribution in [3.8, 4) is 0 Å². The number of nitrogens with zero attached hydrogens (tertiary/aromatic N) is 4. The SMILES string of the molecule is CC1COC(CO)CN1c1ncc([N+](=O)[O-])cn1. The molecule has 18 heavy (non-hydrogen) atoms. The van der Waals surface area contributed by atoms with E-state index in [2.05, 4.69) is 9.97 Å². The third-order valence-electron chi connectivity index (χ3n) is 2.80. The summed E-state index contributed by atoms with van der Waals surface area (Å²) in [4.78, 5) is 19.8. The Morgan fingerprint density at radius 2 is 2.28 bits per heavy atom. The van der Waals surface area contributed by atoms with Gasteiger partial charge in [-0.2, -0.15) is 0 Å². The Labute approximate surface area is 103 Å². The van der Waals surface area contributed by atoms with Gasteiger partial charge in [0.05, 0.1) is 30.3 Å². The Hall–Kier alpha value is -1.80. The van der Waals surface area contributed by atoms with E-state index in [1.165, 1.54) is 12.4 Å². The molecule has 8 nitrogen and oxygen atoms in total. The van der Waals surface area contributed by atoms with Crippen LogP contribution >= 0.6 is 0 Å². The average Bonchev–Trinajstić information content (AvgIpc) is 2.39. The van der Waals surface area contributed by atoms with Crippen molar-refractivity contribution in [1.82, 2.24) is 9.97 Å². The molecule has 1 aromatic heterocycles. The van der Waals surface area contributed by atoms with Crippen molar-refractivity contribution in [2.75, 3.05) is 24.7 Å². The Kier molecular flexibility index (Phi) is 3.68. The second-order valence-corrected chi connectivity index (χ2v) is 4.14. The summed E-state index contributed by atoms with van der Waals surface area (Å²) in [6.45, 7) is 2.80. The maximum Gasteiger partial charge on any atom is 0.305 e. The number of hydrogen-bond acceptors (Lipinski definition) is 7. The minimum Gasteiger partial charge on any atom is -0.394 e. The fraction of sp³-hybridized carbons (Fsp3) is 0.600. The first-order chi connectivity index (χ1) is 8.61.